The van der Waals surface area contributed by atoms with Gasteiger partial charge in [-0.05, 0) is 37.0 Å². The second-order valence-electron chi connectivity index (χ2n) is 4.64. The lowest BCUT2D eigenvalue weighted by molar-refractivity contribution is 0.0697. The maximum atomic E-state index is 11.2. The summed E-state index contributed by atoms with van der Waals surface area (Å²) in [5.74, 6) is -0.113. The predicted molar refractivity (Wildman–Crippen MR) is 71.7 cm³/mol. The van der Waals surface area contributed by atoms with Crippen LogP contribution in [-0.4, -0.2) is 24.2 Å². The van der Waals surface area contributed by atoms with Crippen LogP contribution in [0.3, 0.4) is 0 Å². The average molecular weight is 298 g/mol. The van der Waals surface area contributed by atoms with Gasteiger partial charge in [0.1, 0.15) is 0 Å². The van der Waals surface area contributed by atoms with Crippen LogP contribution >= 0.6 is 15.9 Å². The molecule has 0 saturated carbocycles. The Morgan fingerprint density at radius 3 is 2.65 bits per heavy atom. The van der Waals surface area contributed by atoms with E-state index in [4.69, 9.17) is 0 Å². The Balaban J connectivity index is 2.30. The molecule has 0 unspecified atom stereocenters. The number of benzene rings is 1. The third kappa shape index (κ3) is 2.80. The highest BCUT2D eigenvalue weighted by atomic mass is 79.9. The number of hydrogen-bond donors (Lipinski definition) is 1. The van der Waals surface area contributed by atoms with Crippen molar-refractivity contribution in [1.29, 1.82) is 0 Å². The second-order valence-corrected chi connectivity index (χ2v) is 5.55. The van der Waals surface area contributed by atoms with Gasteiger partial charge in [0.15, 0.2) is 0 Å². The summed E-state index contributed by atoms with van der Waals surface area (Å²) in [5.41, 5.74) is 1.22. The molecule has 0 bridgehead atoms. The van der Waals surface area contributed by atoms with Gasteiger partial charge in [-0.1, -0.05) is 22.9 Å². The fourth-order valence-corrected chi connectivity index (χ4v) is 2.55. The first-order valence-electron chi connectivity index (χ1n) is 5.85. The van der Waals surface area contributed by atoms with Crippen molar-refractivity contribution in [2.24, 2.45) is 5.92 Å². The molecule has 1 saturated heterocycles. The third-order valence-corrected chi connectivity index (χ3v) is 3.81. The first-order chi connectivity index (χ1) is 8.08. The Hall–Kier alpha value is -1.03. The van der Waals surface area contributed by atoms with Gasteiger partial charge in [0.05, 0.1) is 11.3 Å². The minimum Gasteiger partial charge on any atom is -0.478 e. The number of rotatable bonds is 2. The van der Waals surface area contributed by atoms with Crippen molar-refractivity contribution in [2.45, 2.75) is 19.8 Å². The molecule has 1 aromatic carbocycles. The van der Waals surface area contributed by atoms with Gasteiger partial charge in [0, 0.05) is 17.6 Å². The predicted octanol–water partition coefficient (Wildman–Crippen LogP) is 3.38. The zero-order valence-corrected chi connectivity index (χ0v) is 11.4. The number of hydrogen-bond acceptors (Lipinski definition) is 2. The number of halogens is 1. The summed E-state index contributed by atoms with van der Waals surface area (Å²) in [4.78, 5) is 13.4. The maximum Gasteiger partial charge on any atom is 0.337 e. The van der Waals surface area contributed by atoms with Gasteiger partial charge in [0.2, 0.25) is 0 Å². The minimum absolute atomic E-state index is 0.391. The number of anilines is 1. The molecule has 1 aliphatic heterocycles. The van der Waals surface area contributed by atoms with Crippen LogP contribution in [0.4, 0.5) is 5.69 Å². The molecule has 0 amide bonds. The maximum absolute atomic E-state index is 11.2. The summed E-state index contributed by atoms with van der Waals surface area (Å²) in [5, 5.41) is 9.20. The van der Waals surface area contributed by atoms with Crippen LogP contribution in [0, 0.1) is 5.92 Å². The van der Waals surface area contributed by atoms with E-state index in [0.717, 1.165) is 42.0 Å². The Morgan fingerprint density at radius 1 is 1.41 bits per heavy atom. The molecule has 2 rings (SSSR count). The molecule has 1 heterocycles. The van der Waals surface area contributed by atoms with Crippen LogP contribution in [0.25, 0.3) is 0 Å². The molecule has 1 aromatic rings. The molecule has 3 nitrogen and oxygen atoms in total. The molecular weight excluding hydrogens is 282 g/mol. The first-order valence-corrected chi connectivity index (χ1v) is 6.65. The van der Waals surface area contributed by atoms with Crippen molar-refractivity contribution in [3.05, 3.63) is 28.2 Å². The van der Waals surface area contributed by atoms with Crippen molar-refractivity contribution in [3.8, 4) is 0 Å². The molecule has 92 valence electrons. The average Bonchev–Trinajstić information content (AvgIpc) is 2.29. The number of nitrogens with zero attached hydrogens (tertiary/aromatic N) is 1. The Labute approximate surface area is 110 Å². The number of piperidine rings is 1. The zero-order valence-electron chi connectivity index (χ0n) is 9.82. The first kappa shape index (κ1) is 12.4. The lowest BCUT2D eigenvalue weighted by Crippen LogP contribution is -2.33. The Morgan fingerprint density at radius 2 is 2.06 bits per heavy atom. The smallest absolute Gasteiger partial charge is 0.337 e. The number of carbonyl (C=O) groups is 1. The number of carboxylic acids is 1. The van der Waals surface area contributed by atoms with Crippen LogP contribution in [0.1, 0.15) is 30.1 Å². The monoisotopic (exact) mass is 297 g/mol. The second kappa shape index (κ2) is 5.08. The summed E-state index contributed by atoms with van der Waals surface area (Å²) >= 11 is 3.40. The highest BCUT2D eigenvalue weighted by Gasteiger charge is 2.20. The topological polar surface area (TPSA) is 40.5 Å². The van der Waals surface area contributed by atoms with Crippen molar-refractivity contribution in [1.82, 2.24) is 0 Å². The van der Waals surface area contributed by atoms with Crippen LogP contribution in [0.15, 0.2) is 22.7 Å². The van der Waals surface area contributed by atoms with Crippen LogP contribution in [-0.2, 0) is 0 Å². The number of aromatic carboxylic acids is 1. The third-order valence-electron chi connectivity index (χ3n) is 3.31. The standard InChI is InChI=1S/C13H16BrNO2/c1-9-4-6-15(7-5-9)12-8-10(14)2-3-11(12)13(16)17/h2-3,8-9H,4-7H2,1H3,(H,16,17). The highest BCUT2D eigenvalue weighted by molar-refractivity contribution is 9.10. The molecule has 0 aromatic heterocycles. The van der Waals surface area contributed by atoms with Crippen molar-refractivity contribution < 1.29 is 9.90 Å². The van der Waals surface area contributed by atoms with E-state index >= 15 is 0 Å². The Bertz CT molecular complexity index is 425. The van der Waals surface area contributed by atoms with Crippen LogP contribution in [0.2, 0.25) is 0 Å². The van der Waals surface area contributed by atoms with E-state index in [1.807, 2.05) is 6.07 Å². The van der Waals surface area contributed by atoms with E-state index in [-0.39, 0.29) is 0 Å². The quantitative estimate of drug-likeness (QED) is 0.910. The summed E-state index contributed by atoms with van der Waals surface area (Å²) in [7, 11) is 0. The molecule has 17 heavy (non-hydrogen) atoms. The lowest BCUT2D eigenvalue weighted by Gasteiger charge is -2.33. The number of carboxylic acid groups (broad SMARTS) is 1. The molecule has 0 radical (unpaired) electrons. The zero-order chi connectivity index (χ0) is 12.4. The lowest BCUT2D eigenvalue weighted by atomic mass is 9.98. The fourth-order valence-electron chi connectivity index (χ4n) is 2.20. The molecule has 0 spiro atoms. The summed E-state index contributed by atoms with van der Waals surface area (Å²) in [6.07, 6.45) is 2.26. The van der Waals surface area contributed by atoms with E-state index in [2.05, 4.69) is 27.8 Å². The molecular formula is C13H16BrNO2. The van der Waals surface area contributed by atoms with E-state index < -0.39 is 5.97 Å². The van der Waals surface area contributed by atoms with Gasteiger partial charge < -0.3 is 10.0 Å². The van der Waals surface area contributed by atoms with Crippen LogP contribution in [0.5, 0.6) is 0 Å². The van der Waals surface area contributed by atoms with Crippen molar-refractivity contribution in [2.75, 3.05) is 18.0 Å². The van der Waals surface area contributed by atoms with Gasteiger partial charge >= 0.3 is 5.97 Å². The van der Waals surface area contributed by atoms with Gasteiger partial charge in [-0.25, -0.2) is 4.79 Å². The van der Waals surface area contributed by atoms with E-state index in [0.29, 0.717) is 5.56 Å². The molecule has 0 aliphatic carbocycles. The minimum atomic E-state index is -0.855. The van der Waals surface area contributed by atoms with Gasteiger partial charge in [0.25, 0.3) is 0 Å². The van der Waals surface area contributed by atoms with Crippen molar-refractivity contribution in [3.63, 3.8) is 0 Å². The largest absolute Gasteiger partial charge is 0.478 e. The van der Waals surface area contributed by atoms with Gasteiger partial charge in [-0.2, -0.15) is 0 Å². The normalized spacial score (nSPS) is 17.2. The summed E-state index contributed by atoms with van der Waals surface area (Å²) < 4.78 is 0.927. The van der Waals surface area contributed by atoms with Crippen LogP contribution < -0.4 is 4.90 Å². The van der Waals surface area contributed by atoms with Gasteiger partial charge in [-0.3, -0.25) is 0 Å². The molecule has 0 atom stereocenters. The van der Waals surface area contributed by atoms with E-state index in [9.17, 15) is 9.90 Å². The molecule has 1 fully saturated rings. The molecule has 1 aliphatic rings. The van der Waals surface area contributed by atoms with Gasteiger partial charge in [-0.15, -0.1) is 0 Å². The van der Waals surface area contributed by atoms with E-state index in [1.165, 1.54) is 0 Å². The fraction of sp³-hybridized carbons (Fsp3) is 0.462. The molecule has 1 N–H and O–H groups in total. The molecule has 4 heteroatoms. The van der Waals surface area contributed by atoms with E-state index in [1.54, 1.807) is 12.1 Å². The van der Waals surface area contributed by atoms with Crippen molar-refractivity contribution >= 4 is 27.6 Å². The Kier molecular flexibility index (Phi) is 3.72. The summed E-state index contributed by atoms with van der Waals surface area (Å²) in [6.45, 7) is 4.13. The summed E-state index contributed by atoms with van der Waals surface area (Å²) in [6, 6.07) is 5.35. The highest BCUT2D eigenvalue weighted by Crippen LogP contribution is 2.29. The SMILES string of the molecule is CC1CCN(c2cc(Br)ccc2C(=O)O)CC1.